The monoisotopic (exact) mass is 291 g/mol. The Labute approximate surface area is 125 Å². The third kappa shape index (κ3) is 2.60. The van der Waals surface area contributed by atoms with Gasteiger partial charge in [0.05, 0.1) is 6.04 Å². The standard InChI is InChI=1S/C15H25N5O/c1-16-12-4-2-11(3-5-12)15-17-14(18-21-15)13-10-19-6-8-20(13)9-7-19/h11-13,16H,2-10H2,1H3. The number of nitrogens with zero attached hydrogens (tertiary/aromatic N) is 4. The molecule has 6 heteroatoms. The molecule has 4 fully saturated rings. The van der Waals surface area contributed by atoms with Crippen molar-refractivity contribution in [2.24, 2.45) is 0 Å². The van der Waals surface area contributed by atoms with E-state index in [0.29, 0.717) is 18.0 Å². The highest BCUT2D eigenvalue weighted by molar-refractivity contribution is 5.04. The highest BCUT2D eigenvalue weighted by Crippen LogP contribution is 2.33. The predicted octanol–water partition coefficient (Wildman–Crippen LogP) is 0.988. The van der Waals surface area contributed by atoms with Crippen molar-refractivity contribution in [2.75, 3.05) is 39.8 Å². The third-order valence-corrected chi connectivity index (χ3v) is 5.52. The molecule has 2 bridgehead atoms. The van der Waals surface area contributed by atoms with Crippen LogP contribution in [0.15, 0.2) is 4.52 Å². The molecule has 0 spiro atoms. The van der Waals surface area contributed by atoms with E-state index in [2.05, 4.69) is 27.3 Å². The van der Waals surface area contributed by atoms with Crippen molar-refractivity contribution in [3.05, 3.63) is 11.7 Å². The Hall–Kier alpha value is -0.980. The number of nitrogens with one attached hydrogen (secondary N) is 1. The molecule has 1 aromatic rings. The molecular formula is C15H25N5O. The molecule has 5 rings (SSSR count). The normalized spacial score (nSPS) is 39.6. The Balaban J connectivity index is 1.44. The molecule has 0 amide bonds. The number of piperazine rings is 3. The largest absolute Gasteiger partial charge is 0.339 e. The van der Waals surface area contributed by atoms with E-state index >= 15 is 0 Å². The van der Waals surface area contributed by atoms with Crippen molar-refractivity contribution in [1.82, 2.24) is 25.3 Å². The quantitative estimate of drug-likeness (QED) is 0.896. The van der Waals surface area contributed by atoms with Gasteiger partial charge in [0.15, 0.2) is 5.82 Å². The first-order chi connectivity index (χ1) is 10.3. The molecule has 6 nitrogen and oxygen atoms in total. The van der Waals surface area contributed by atoms with Crippen LogP contribution in [0.5, 0.6) is 0 Å². The van der Waals surface area contributed by atoms with E-state index in [1.54, 1.807) is 0 Å². The second-order valence-electron chi connectivity index (χ2n) is 6.68. The van der Waals surface area contributed by atoms with E-state index < -0.39 is 0 Å². The summed E-state index contributed by atoms with van der Waals surface area (Å²) in [5, 5.41) is 7.68. The molecule has 1 aromatic heterocycles. The molecule has 1 N–H and O–H groups in total. The minimum atomic E-state index is 0.346. The first kappa shape index (κ1) is 13.7. The number of fused-ring (bicyclic) bond motifs is 3. The van der Waals surface area contributed by atoms with E-state index in [0.717, 1.165) is 44.2 Å². The van der Waals surface area contributed by atoms with E-state index in [1.807, 2.05) is 0 Å². The van der Waals surface area contributed by atoms with Crippen molar-refractivity contribution in [2.45, 2.75) is 43.7 Å². The maximum Gasteiger partial charge on any atom is 0.229 e. The van der Waals surface area contributed by atoms with Crippen molar-refractivity contribution in [1.29, 1.82) is 0 Å². The summed E-state index contributed by atoms with van der Waals surface area (Å²) in [4.78, 5) is 9.78. The zero-order valence-electron chi connectivity index (χ0n) is 12.8. The van der Waals surface area contributed by atoms with Crippen LogP contribution < -0.4 is 5.32 Å². The zero-order valence-corrected chi connectivity index (χ0v) is 12.8. The molecule has 3 saturated heterocycles. The van der Waals surface area contributed by atoms with Crippen LogP contribution in [0.3, 0.4) is 0 Å². The summed E-state index contributed by atoms with van der Waals surface area (Å²) < 4.78 is 5.61. The van der Waals surface area contributed by atoms with Gasteiger partial charge >= 0.3 is 0 Å². The first-order valence-electron chi connectivity index (χ1n) is 8.30. The lowest BCUT2D eigenvalue weighted by Gasteiger charge is -2.46. The molecular weight excluding hydrogens is 266 g/mol. The third-order valence-electron chi connectivity index (χ3n) is 5.52. The van der Waals surface area contributed by atoms with Crippen LogP contribution in [0.2, 0.25) is 0 Å². The average molecular weight is 291 g/mol. The fourth-order valence-electron chi connectivity index (χ4n) is 4.04. The van der Waals surface area contributed by atoms with Crippen LogP contribution in [0.4, 0.5) is 0 Å². The summed E-state index contributed by atoms with van der Waals surface area (Å²) in [6.45, 7) is 5.72. The van der Waals surface area contributed by atoms with Crippen molar-refractivity contribution in [3.8, 4) is 0 Å². The van der Waals surface area contributed by atoms with Gasteiger partial charge in [0.2, 0.25) is 5.89 Å². The maximum absolute atomic E-state index is 5.61. The van der Waals surface area contributed by atoms with Gasteiger partial charge in [-0.15, -0.1) is 0 Å². The summed E-state index contributed by atoms with van der Waals surface area (Å²) >= 11 is 0. The Morgan fingerprint density at radius 1 is 1.10 bits per heavy atom. The topological polar surface area (TPSA) is 57.4 Å². The van der Waals surface area contributed by atoms with Gasteiger partial charge < -0.3 is 9.84 Å². The second-order valence-corrected chi connectivity index (χ2v) is 6.68. The van der Waals surface area contributed by atoms with Gasteiger partial charge in [0.1, 0.15) is 0 Å². The van der Waals surface area contributed by atoms with Crippen molar-refractivity contribution >= 4 is 0 Å². The van der Waals surface area contributed by atoms with Gasteiger partial charge in [-0.2, -0.15) is 4.98 Å². The smallest absolute Gasteiger partial charge is 0.229 e. The maximum atomic E-state index is 5.61. The molecule has 1 unspecified atom stereocenters. The van der Waals surface area contributed by atoms with Crippen LogP contribution in [0.25, 0.3) is 0 Å². The SMILES string of the molecule is CNC1CCC(c2nc(C3CN4CCN3CC4)no2)CC1. The predicted molar refractivity (Wildman–Crippen MR) is 79.1 cm³/mol. The minimum Gasteiger partial charge on any atom is -0.339 e. The minimum absolute atomic E-state index is 0.346. The first-order valence-corrected chi connectivity index (χ1v) is 8.30. The summed E-state index contributed by atoms with van der Waals surface area (Å²) in [6.07, 6.45) is 4.74. The molecule has 116 valence electrons. The number of aromatic nitrogens is 2. The van der Waals surface area contributed by atoms with Crippen LogP contribution in [0, 0.1) is 0 Å². The average Bonchev–Trinajstić information content (AvgIpc) is 3.06. The van der Waals surface area contributed by atoms with Gasteiger partial charge in [-0.3, -0.25) is 9.80 Å². The second kappa shape index (κ2) is 5.66. The Morgan fingerprint density at radius 3 is 2.48 bits per heavy atom. The van der Waals surface area contributed by atoms with Crippen molar-refractivity contribution < 1.29 is 4.52 Å². The Bertz CT molecular complexity index is 474. The van der Waals surface area contributed by atoms with E-state index in [9.17, 15) is 0 Å². The molecule has 1 saturated carbocycles. The summed E-state index contributed by atoms with van der Waals surface area (Å²) in [6, 6.07) is 1.01. The lowest BCUT2D eigenvalue weighted by atomic mass is 9.86. The van der Waals surface area contributed by atoms with E-state index in [1.165, 1.54) is 25.9 Å². The van der Waals surface area contributed by atoms with Crippen LogP contribution >= 0.6 is 0 Å². The van der Waals surface area contributed by atoms with Crippen LogP contribution in [-0.4, -0.2) is 65.8 Å². The number of hydrogen-bond acceptors (Lipinski definition) is 6. The Morgan fingerprint density at radius 2 is 1.86 bits per heavy atom. The highest BCUT2D eigenvalue weighted by Gasteiger charge is 2.36. The van der Waals surface area contributed by atoms with Crippen molar-refractivity contribution in [3.63, 3.8) is 0 Å². The Kier molecular flexibility index (Phi) is 3.69. The van der Waals surface area contributed by atoms with Gasteiger partial charge in [-0.05, 0) is 32.7 Å². The van der Waals surface area contributed by atoms with Gasteiger partial charge in [-0.1, -0.05) is 5.16 Å². The highest BCUT2D eigenvalue weighted by atomic mass is 16.5. The van der Waals surface area contributed by atoms with E-state index in [-0.39, 0.29) is 0 Å². The van der Waals surface area contributed by atoms with Gasteiger partial charge in [0, 0.05) is 44.7 Å². The van der Waals surface area contributed by atoms with Gasteiger partial charge in [0.25, 0.3) is 0 Å². The summed E-state index contributed by atoms with van der Waals surface area (Å²) in [5.74, 6) is 2.24. The lowest BCUT2D eigenvalue weighted by molar-refractivity contribution is 0.00781. The van der Waals surface area contributed by atoms with E-state index in [4.69, 9.17) is 9.51 Å². The summed E-state index contributed by atoms with van der Waals surface area (Å²) in [7, 11) is 2.05. The van der Waals surface area contributed by atoms with Crippen LogP contribution in [0.1, 0.15) is 49.4 Å². The summed E-state index contributed by atoms with van der Waals surface area (Å²) in [5.41, 5.74) is 0. The number of rotatable bonds is 3. The number of hydrogen-bond donors (Lipinski definition) is 1. The molecule has 21 heavy (non-hydrogen) atoms. The lowest BCUT2D eigenvalue weighted by Crippen LogP contribution is -2.57. The molecule has 1 atom stereocenters. The van der Waals surface area contributed by atoms with Gasteiger partial charge in [-0.25, -0.2) is 0 Å². The van der Waals surface area contributed by atoms with Crippen LogP contribution in [-0.2, 0) is 0 Å². The molecule has 0 aromatic carbocycles. The molecule has 0 radical (unpaired) electrons. The molecule has 3 aliphatic heterocycles. The fraction of sp³-hybridized carbons (Fsp3) is 0.867. The molecule has 4 heterocycles. The molecule has 1 aliphatic carbocycles. The molecule has 4 aliphatic rings. The fourth-order valence-corrected chi connectivity index (χ4v) is 4.04. The zero-order chi connectivity index (χ0) is 14.2.